The molecule has 28 heavy (non-hydrogen) atoms. The summed E-state index contributed by atoms with van der Waals surface area (Å²) in [6.45, 7) is 3.58. The highest BCUT2D eigenvalue weighted by atomic mass is 19.1. The standard InChI is InChI=1S/C22H26FN3O2/c1-21(10-11-21)20(27)26-12-2-9-22(14-26,13-15-3-4-15)19-24-18(28-25-19)16-5-7-17(23)8-6-16/h5-8,15H,2-4,9-14H2,1H3. The van der Waals surface area contributed by atoms with Crippen LogP contribution in [-0.2, 0) is 10.2 Å². The second-order valence-electron chi connectivity index (χ2n) is 9.25. The average Bonchev–Trinajstić information content (AvgIpc) is 3.61. The minimum absolute atomic E-state index is 0.154. The number of benzene rings is 1. The van der Waals surface area contributed by atoms with Gasteiger partial charge in [0.1, 0.15) is 5.82 Å². The molecule has 1 aromatic carbocycles. The van der Waals surface area contributed by atoms with E-state index in [2.05, 4.69) is 12.1 Å². The third-order valence-corrected chi connectivity index (χ3v) is 6.75. The van der Waals surface area contributed by atoms with Crippen LogP contribution < -0.4 is 0 Å². The molecule has 1 atom stereocenters. The predicted octanol–water partition coefficient (Wildman–Crippen LogP) is 4.34. The molecule has 2 aliphatic carbocycles. The van der Waals surface area contributed by atoms with Gasteiger partial charge in [0.2, 0.25) is 5.91 Å². The van der Waals surface area contributed by atoms with Gasteiger partial charge in [-0.05, 0) is 62.3 Å². The van der Waals surface area contributed by atoms with Gasteiger partial charge in [0, 0.05) is 24.1 Å². The molecular weight excluding hydrogens is 357 g/mol. The largest absolute Gasteiger partial charge is 0.341 e. The van der Waals surface area contributed by atoms with Gasteiger partial charge in [-0.3, -0.25) is 4.79 Å². The number of hydrogen-bond donors (Lipinski definition) is 0. The molecule has 1 unspecified atom stereocenters. The van der Waals surface area contributed by atoms with Gasteiger partial charge in [-0.25, -0.2) is 4.39 Å². The van der Waals surface area contributed by atoms with E-state index in [1.54, 1.807) is 12.1 Å². The first kappa shape index (κ1) is 17.8. The summed E-state index contributed by atoms with van der Waals surface area (Å²) in [5.41, 5.74) is 0.331. The molecule has 0 bridgehead atoms. The number of carbonyl (C=O) groups is 1. The molecule has 3 aliphatic rings. The first-order valence-corrected chi connectivity index (χ1v) is 10.4. The topological polar surface area (TPSA) is 59.2 Å². The van der Waals surface area contributed by atoms with Crippen LogP contribution in [0, 0.1) is 17.2 Å². The second-order valence-corrected chi connectivity index (χ2v) is 9.25. The Balaban J connectivity index is 1.44. The van der Waals surface area contributed by atoms with Crippen molar-refractivity contribution in [3.63, 3.8) is 0 Å². The lowest BCUT2D eigenvalue weighted by atomic mass is 9.74. The molecule has 0 radical (unpaired) electrons. The van der Waals surface area contributed by atoms with Gasteiger partial charge in [0.25, 0.3) is 5.89 Å². The van der Waals surface area contributed by atoms with Crippen LogP contribution in [0.25, 0.3) is 11.5 Å². The van der Waals surface area contributed by atoms with Crippen molar-refractivity contribution in [2.45, 2.75) is 57.3 Å². The van der Waals surface area contributed by atoms with Crippen LogP contribution in [-0.4, -0.2) is 34.0 Å². The maximum atomic E-state index is 13.2. The Morgan fingerprint density at radius 2 is 2.00 bits per heavy atom. The molecule has 1 saturated heterocycles. The number of nitrogens with zero attached hydrogens (tertiary/aromatic N) is 3. The first-order chi connectivity index (χ1) is 13.5. The summed E-state index contributed by atoms with van der Waals surface area (Å²) >= 11 is 0. The molecule has 1 aliphatic heterocycles. The van der Waals surface area contributed by atoms with Crippen molar-refractivity contribution in [1.29, 1.82) is 0 Å². The zero-order valence-electron chi connectivity index (χ0n) is 16.3. The predicted molar refractivity (Wildman–Crippen MR) is 102 cm³/mol. The molecule has 1 aromatic heterocycles. The fourth-order valence-electron chi connectivity index (χ4n) is 4.55. The zero-order chi connectivity index (χ0) is 19.4. The van der Waals surface area contributed by atoms with Gasteiger partial charge < -0.3 is 9.42 Å². The summed E-state index contributed by atoms with van der Waals surface area (Å²) < 4.78 is 18.8. The van der Waals surface area contributed by atoms with Crippen LogP contribution in [0.4, 0.5) is 4.39 Å². The molecule has 5 nitrogen and oxygen atoms in total. The highest BCUT2D eigenvalue weighted by molar-refractivity contribution is 5.85. The van der Waals surface area contributed by atoms with E-state index in [0.29, 0.717) is 24.2 Å². The molecule has 2 aromatic rings. The van der Waals surface area contributed by atoms with E-state index in [-0.39, 0.29) is 22.6 Å². The molecule has 3 fully saturated rings. The van der Waals surface area contributed by atoms with Crippen LogP contribution >= 0.6 is 0 Å². The Morgan fingerprint density at radius 3 is 2.68 bits per heavy atom. The Morgan fingerprint density at radius 1 is 1.25 bits per heavy atom. The van der Waals surface area contributed by atoms with E-state index in [4.69, 9.17) is 9.51 Å². The van der Waals surface area contributed by atoms with Gasteiger partial charge in [-0.15, -0.1) is 0 Å². The number of carbonyl (C=O) groups excluding carboxylic acids is 1. The van der Waals surface area contributed by atoms with E-state index in [9.17, 15) is 9.18 Å². The fourth-order valence-corrected chi connectivity index (χ4v) is 4.55. The lowest BCUT2D eigenvalue weighted by molar-refractivity contribution is -0.139. The van der Waals surface area contributed by atoms with Gasteiger partial charge in [-0.2, -0.15) is 4.98 Å². The van der Waals surface area contributed by atoms with E-state index >= 15 is 0 Å². The van der Waals surface area contributed by atoms with E-state index < -0.39 is 0 Å². The van der Waals surface area contributed by atoms with Gasteiger partial charge in [0.15, 0.2) is 5.82 Å². The van der Waals surface area contributed by atoms with E-state index in [1.807, 2.05) is 4.90 Å². The number of hydrogen-bond acceptors (Lipinski definition) is 4. The highest BCUT2D eigenvalue weighted by Crippen LogP contribution is 2.50. The molecule has 148 valence electrons. The molecule has 6 heteroatoms. The molecular formula is C22H26FN3O2. The summed E-state index contributed by atoms with van der Waals surface area (Å²) in [5, 5.41) is 4.35. The first-order valence-electron chi connectivity index (χ1n) is 10.4. The molecule has 5 rings (SSSR count). The van der Waals surface area contributed by atoms with Crippen LogP contribution in [0.15, 0.2) is 28.8 Å². The van der Waals surface area contributed by atoms with Crippen molar-refractivity contribution in [1.82, 2.24) is 15.0 Å². The highest BCUT2D eigenvalue weighted by Gasteiger charge is 2.51. The lowest BCUT2D eigenvalue weighted by Gasteiger charge is -2.42. The fraction of sp³-hybridized carbons (Fsp3) is 0.591. The van der Waals surface area contributed by atoms with Crippen LogP contribution in [0.5, 0.6) is 0 Å². The number of halogens is 1. The Labute approximate surface area is 164 Å². The summed E-state index contributed by atoms with van der Waals surface area (Å²) in [5.74, 6) is 1.82. The summed E-state index contributed by atoms with van der Waals surface area (Å²) in [6.07, 6.45) is 7.44. The van der Waals surface area contributed by atoms with Crippen molar-refractivity contribution in [3.05, 3.63) is 35.9 Å². The smallest absolute Gasteiger partial charge is 0.257 e. The number of amides is 1. The maximum absolute atomic E-state index is 13.2. The zero-order valence-corrected chi connectivity index (χ0v) is 16.3. The van der Waals surface area contributed by atoms with E-state index in [1.165, 1.54) is 25.0 Å². The maximum Gasteiger partial charge on any atom is 0.257 e. The number of aromatic nitrogens is 2. The lowest BCUT2D eigenvalue weighted by Crippen LogP contribution is -2.51. The molecule has 2 heterocycles. The minimum atomic E-state index is -0.288. The number of rotatable bonds is 5. The number of likely N-dealkylation sites (tertiary alicyclic amines) is 1. The normalized spacial score (nSPS) is 26.3. The van der Waals surface area contributed by atoms with Crippen molar-refractivity contribution in [2.75, 3.05) is 13.1 Å². The summed E-state index contributed by atoms with van der Waals surface area (Å²) in [6, 6.07) is 6.11. The van der Waals surface area contributed by atoms with E-state index in [0.717, 1.165) is 44.2 Å². The monoisotopic (exact) mass is 383 g/mol. The van der Waals surface area contributed by atoms with Crippen molar-refractivity contribution >= 4 is 5.91 Å². The Hall–Kier alpha value is -2.24. The Kier molecular flexibility index (Phi) is 4.07. The van der Waals surface area contributed by atoms with Crippen LogP contribution in [0.3, 0.4) is 0 Å². The van der Waals surface area contributed by atoms with Crippen LogP contribution in [0.2, 0.25) is 0 Å². The summed E-state index contributed by atoms with van der Waals surface area (Å²) in [7, 11) is 0. The molecule has 0 N–H and O–H groups in total. The van der Waals surface area contributed by atoms with Crippen molar-refractivity contribution in [2.24, 2.45) is 11.3 Å². The minimum Gasteiger partial charge on any atom is -0.341 e. The van der Waals surface area contributed by atoms with Crippen LogP contribution in [0.1, 0.15) is 57.7 Å². The van der Waals surface area contributed by atoms with Gasteiger partial charge in [0.05, 0.1) is 5.41 Å². The second kappa shape index (κ2) is 6.39. The van der Waals surface area contributed by atoms with Crippen molar-refractivity contribution in [3.8, 4) is 11.5 Å². The third-order valence-electron chi connectivity index (χ3n) is 6.75. The SMILES string of the molecule is CC1(C(=O)N2CCCC(CC3CC3)(c3noc(-c4ccc(F)cc4)n3)C2)CC1. The van der Waals surface area contributed by atoms with Gasteiger partial charge in [-0.1, -0.05) is 24.9 Å². The quantitative estimate of drug-likeness (QED) is 0.771. The number of piperidine rings is 1. The summed E-state index contributed by atoms with van der Waals surface area (Å²) in [4.78, 5) is 19.8. The average molecular weight is 383 g/mol. The third kappa shape index (κ3) is 3.23. The van der Waals surface area contributed by atoms with Crippen molar-refractivity contribution < 1.29 is 13.7 Å². The Bertz CT molecular complexity index is 885. The molecule has 0 spiro atoms. The van der Waals surface area contributed by atoms with Gasteiger partial charge >= 0.3 is 0 Å². The molecule has 1 amide bonds. The molecule has 2 saturated carbocycles.